The van der Waals surface area contributed by atoms with Crippen molar-refractivity contribution in [2.45, 2.75) is 13.5 Å². The number of carbonyl (C=O) groups excluding carboxylic acids is 1. The van der Waals surface area contributed by atoms with E-state index >= 15 is 0 Å². The van der Waals surface area contributed by atoms with Crippen LogP contribution in [0.1, 0.15) is 22.0 Å². The molecule has 0 atom stereocenters. The van der Waals surface area contributed by atoms with E-state index in [2.05, 4.69) is 25.8 Å². The molecule has 0 saturated heterocycles. The SMILES string of the molecule is Cc1cc(Nc2nccc(C(=O)NCc3ccco3)n2)no1. The van der Waals surface area contributed by atoms with E-state index in [1.54, 1.807) is 31.4 Å². The highest BCUT2D eigenvalue weighted by molar-refractivity contribution is 5.92. The average molecular weight is 299 g/mol. The van der Waals surface area contributed by atoms with Gasteiger partial charge in [0.25, 0.3) is 5.91 Å². The molecule has 0 fully saturated rings. The highest BCUT2D eigenvalue weighted by atomic mass is 16.5. The molecule has 112 valence electrons. The molecule has 3 heterocycles. The lowest BCUT2D eigenvalue weighted by atomic mass is 10.3. The zero-order valence-electron chi connectivity index (χ0n) is 11.7. The van der Waals surface area contributed by atoms with Gasteiger partial charge in [0.15, 0.2) is 5.82 Å². The smallest absolute Gasteiger partial charge is 0.270 e. The van der Waals surface area contributed by atoms with Crippen molar-refractivity contribution in [1.29, 1.82) is 0 Å². The van der Waals surface area contributed by atoms with Gasteiger partial charge in [0.2, 0.25) is 5.95 Å². The summed E-state index contributed by atoms with van der Waals surface area (Å²) in [5.74, 6) is 1.75. The summed E-state index contributed by atoms with van der Waals surface area (Å²) in [5.41, 5.74) is 0.240. The third-order valence-electron chi connectivity index (χ3n) is 2.76. The third-order valence-corrected chi connectivity index (χ3v) is 2.76. The molecule has 8 nitrogen and oxygen atoms in total. The molecule has 3 aromatic heterocycles. The van der Waals surface area contributed by atoms with Crippen LogP contribution >= 0.6 is 0 Å². The van der Waals surface area contributed by atoms with Crippen LogP contribution in [0.5, 0.6) is 0 Å². The minimum absolute atomic E-state index is 0.240. The standard InChI is InChI=1S/C14H13N5O3/c1-9-7-12(19-22-9)18-14-15-5-4-11(17-14)13(20)16-8-10-3-2-6-21-10/h2-7H,8H2,1H3,(H,16,20)(H,15,17,18,19). The number of nitrogens with zero attached hydrogens (tertiary/aromatic N) is 3. The minimum Gasteiger partial charge on any atom is -0.467 e. The lowest BCUT2D eigenvalue weighted by Gasteiger charge is -2.04. The van der Waals surface area contributed by atoms with Crippen LogP contribution in [-0.2, 0) is 6.54 Å². The Kier molecular flexibility index (Phi) is 3.82. The monoisotopic (exact) mass is 299 g/mol. The number of nitrogens with one attached hydrogen (secondary N) is 2. The van der Waals surface area contributed by atoms with Gasteiger partial charge in [-0.15, -0.1) is 0 Å². The number of aromatic nitrogens is 3. The van der Waals surface area contributed by atoms with Gasteiger partial charge in [-0.1, -0.05) is 5.16 Å². The molecule has 0 saturated carbocycles. The van der Waals surface area contributed by atoms with Crippen molar-refractivity contribution in [2.24, 2.45) is 0 Å². The zero-order chi connectivity index (χ0) is 15.4. The van der Waals surface area contributed by atoms with Gasteiger partial charge in [0.05, 0.1) is 12.8 Å². The van der Waals surface area contributed by atoms with E-state index in [1.165, 1.54) is 12.3 Å². The second-order valence-corrected chi connectivity index (χ2v) is 4.48. The van der Waals surface area contributed by atoms with Gasteiger partial charge >= 0.3 is 0 Å². The van der Waals surface area contributed by atoms with Crippen molar-refractivity contribution in [3.05, 3.63) is 53.9 Å². The maximum absolute atomic E-state index is 12.0. The fraction of sp³-hybridized carbons (Fsp3) is 0.143. The van der Waals surface area contributed by atoms with Crippen LogP contribution in [0, 0.1) is 6.92 Å². The Morgan fingerprint density at radius 1 is 1.36 bits per heavy atom. The van der Waals surface area contributed by atoms with Crippen LogP contribution in [0.25, 0.3) is 0 Å². The molecule has 0 spiro atoms. The zero-order valence-corrected chi connectivity index (χ0v) is 11.7. The molecule has 0 aliphatic rings. The van der Waals surface area contributed by atoms with Crippen LogP contribution in [0.4, 0.5) is 11.8 Å². The van der Waals surface area contributed by atoms with E-state index in [0.29, 0.717) is 23.9 Å². The summed E-state index contributed by atoms with van der Waals surface area (Å²) in [6, 6.07) is 6.76. The first-order chi connectivity index (χ1) is 10.7. The van der Waals surface area contributed by atoms with E-state index in [9.17, 15) is 4.79 Å². The second kappa shape index (κ2) is 6.08. The Morgan fingerprint density at radius 2 is 2.27 bits per heavy atom. The molecule has 0 aliphatic heterocycles. The normalized spacial score (nSPS) is 10.4. The van der Waals surface area contributed by atoms with E-state index in [-0.39, 0.29) is 17.5 Å². The number of furan rings is 1. The summed E-state index contributed by atoms with van der Waals surface area (Å²) in [6.07, 6.45) is 3.04. The van der Waals surface area contributed by atoms with E-state index in [4.69, 9.17) is 8.94 Å². The second-order valence-electron chi connectivity index (χ2n) is 4.48. The predicted octanol–water partition coefficient (Wildman–Crippen LogP) is 2.04. The molecule has 3 rings (SSSR count). The predicted molar refractivity (Wildman–Crippen MR) is 76.4 cm³/mol. The van der Waals surface area contributed by atoms with Gasteiger partial charge in [0.1, 0.15) is 17.2 Å². The van der Waals surface area contributed by atoms with Crippen LogP contribution in [0.3, 0.4) is 0 Å². The van der Waals surface area contributed by atoms with Gasteiger partial charge in [-0.25, -0.2) is 9.97 Å². The van der Waals surface area contributed by atoms with E-state index < -0.39 is 0 Å². The van der Waals surface area contributed by atoms with Crippen LogP contribution in [-0.4, -0.2) is 21.0 Å². The summed E-state index contributed by atoms with van der Waals surface area (Å²) in [4.78, 5) is 20.2. The maximum Gasteiger partial charge on any atom is 0.270 e. The van der Waals surface area contributed by atoms with Crippen molar-refractivity contribution in [3.8, 4) is 0 Å². The van der Waals surface area contributed by atoms with E-state index in [0.717, 1.165) is 0 Å². The van der Waals surface area contributed by atoms with Gasteiger partial charge < -0.3 is 19.6 Å². The first kappa shape index (κ1) is 13.8. The van der Waals surface area contributed by atoms with Crippen molar-refractivity contribution >= 4 is 17.7 Å². The number of carbonyl (C=O) groups is 1. The number of anilines is 2. The molecule has 1 amide bonds. The number of hydrogen-bond acceptors (Lipinski definition) is 7. The molecule has 22 heavy (non-hydrogen) atoms. The summed E-state index contributed by atoms with van der Waals surface area (Å²) >= 11 is 0. The molecule has 0 radical (unpaired) electrons. The molecule has 3 aromatic rings. The Morgan fingerprint density at radius 3 is 3.00 bits per heavy atom. The number of amides is 1. The van der Waals surface area contributed by atoms with Gasteiger partial charge in [-0.3, -0.25) is 4.79 Å². The molecule has 0 aromatic carbocycles. The van der Waals surface area contributed by atoms with Crippen LogP contribution in [0.15, 0.2) is 45.7 Å². The fourth-order valence-electron chi connectivity index (χ4n) is 1.76. The Hall–Kier alpha value is -3.16. The number of hydrogen-bond donors (Lipinski definition) is 2. The maximum atomic E-state index is 12.0. The quantitative estimate of drug-likeness (QED) is 0.742. The van der Waals surface area contributed by atoms with Gasteiger partial charge in [-0.2, -0.15) is 0 Å². The molecule has 0 bridgehead atoms. The first-order valence-corrected chi connectivity index (χ1v) is 6.55. The Bertz CT molecular complexity index is 766. The third kappa shape index (κ3) is 3.29. The Labute approximate surface area is 125 Å². The summed E-state index contributed by atoms with van der Waals surface area (Å²) in [5, 5.41) is 9.35. The molecular weight excluding hydrogens is 286 g/mol. The average Bonchev–Trinajstić information content (AvgIpc) is 3.17. The van der Waals surface area contributed by atoms with Gasteiger partial charge in [0, 0.05) is 12.3 Å². The molecule has 0 unspecified atom stereocenters. The first-order valence-electron chi connectivity index (χ1n) is 6.55. The summed E-state index contributed by atoms with van der Waals surface area (Å²) in [6.45, 7) is 2.07. The van der Waals surface area contributed by atoms with E-state index in [1.807, 2.05) is 0 Å². The topological polar surface area (TPSA) is 106 Å². The van der Waals surface area contributed by atoms with Crippen LogP contribution < -0.4 is 10.6 Å². The fourth-order valence-corrected chi connectivity index (χ4v) is 1.76. The molecule has 0 aliphatic carbocycles. The van der Waals surface area contributed by atoms with Crippen molar-refractivity contribution in [3.63, 3.8) is 0 Å². The highest BCUT2D eigenvalue weighted by Crippen LogP contribution is 2.12. The number of aryl methyl sites for hydroxylation is 1. The minimum atomic E-state index is -0.321. The Balaban J connectivity index is 1.66. The molecule has 2 N–H and O–H groups in total. The lowest BCUT2D eigenvalue weighted by molar-refractivity contribution is 0.0943. The highest BCUT2D eigenvalue weighted by Gasteiger charge is 2.10. The summed E-state index contributed by atoms with van der Waals surface area (Å²) in [7, 11) is 0. The number of rotatable bonds is 5. The van der Waals surface area contributed by atoms with Crippen molar-refractivity contribution in [2.75, 3.05) is 5.32 Å². The largest absolute Gasteiger partial charge is 0.467 e. The lowest BCUT2D eigenvalue weighted by Crippen LogP contribution is -2.23. The van der Waals surface area contributed by atoms with Crippen LogP contribution in [0.2, 0.25) is 0 Å². The molecular formula is C14H13N5O3. The van der Waals surface area contributed by atoms with Crippen molar-refractivity contribution < 1.29 is 13.7 Å². The van der Waals surface area contributed by atoms with Gasteiger partial charge in [-0.05, 0) is 25.1 Å². The summed E-state index contributed by atoms with van der Waals surface area (Å²) < 4.78 is 10.1. The molecule has 8 heteroatoms. The van der Waals surface area contributed by atoms with Crippen molar-refractivity contribution in [1.82, 2.24) is 20.4 Å².